The van der Waals surface area contributed by atoms with Crippen LogP contribution in [0.2, 0.25) is 0 Å². The molecular formula is C32H32O5. The van der Waals surface area contributed by atoms with Crippen LogP contribution in [-0.2, 0) is 11.2 Å². The molecule has 3 unspecified atom stereocenters. The number of methoxy groups -OCH3 is 1. The van der Waals surface area contributed by atoms with Gasteiger partial charge < -0.3 is 14.9 Å². The van der Waals surface area contributed by atoms with E-state index in [4.69, 9.17) is 4.74 Å². The molecule has 0 spiro atoms. The third kappa shape index (κ3) is 4.55. The summed E-state index contributed by atoms with van der Waals surface area (Å²) in [5.41, 5.74) is 4.86. The first-order chi connectivity index (χ1) is 17.8. The molecule has 2 N–H and O–H groups in total. The number of hydrogen-bond acceptors (Lipinski definition) is 5. The summed E-state index contributed by atoms with van der Waals surface area (Å²) in [6, 6.07) is 19.3. The molecule has 3 aromatic carbocycles. The number of aromatic hydroxyl groups is 2. The molecule has 3 aromatic rings. The van der Waals surface area contributed by atoms with E-state index in [2.05, 4.69) is 19.1 Å². The molecule has 0 amide bonds. The van der Waals surface area contributed by atoms with E-state index in [1.165, 1.54) is 29.9 Å². The van der Waals surface area contributed by atoms with Crippen LogP contribution in [-0.4, -0.2) is 28.9 Å². The van der Waals surface area contributed by atoms with Crippen LogP contribution in [0.3, 0.4) is 0 Å². The quantitative estimate of drug-likeness (QED) is 0.325. The maximum absolute atomic E-state index is 12.2. The molecule has 6 rings (SSSR count). The van der Waals surface area contributed by atoms with E-state index in [0.29, 0.717) is 34.7 Å². The zero-order valence-electron chi connectivity index (χ0n) is 21.2. The monoisotopic (exact) mass is 496 g/mol. The predicted octanol–water partition coefficient (Wildman–Crippen LogP) is 6.37. The standard InChI is InChI=1S/C18H20O2.C14H12O3/c1-18-9-8-14-13-5-3-12(19)10-11(13)2-4-15(14)16(18)6-7-17(18)20;1-17-11-7-8-12(13(15)9-11)14(16)10-5-3-2-4-6-10/h3-5,10,14,16,19H,2,6-9H2,1H3;2-9,15H,1H3. The number of rotatable bonds is 3. The van der Waals surface area contributed by atoms with Crippen molar-refractivity contribution in [2.45, 2.75) is 44.9 Å². The summed E-state index contributed by atoms with van der Waals surface area (Å²) in [5, 5.41) is 19.4. The molecule has 190 valence electrons. The molecule has 5 nitrogen and oxygen atoms in total. The Bertz CT molecular complexity index is 1370. The molecule has 2 saturated carbocycles. The van der Waals surface area contributed by atoms with Crippen molar-refractivity contribution < 1.29 is 24.5 Å². The van der Waals surface area contributed by atoms with E-state index >= 15 is 0 Å². The third-order valence-corrected chi connectivity index (χ3v) is 8.37. The number of Topliss-reactive ketones (excluding diaryl/α,β-unsaturated/α-hetero) is 1. The lowest BCUT2D eigenvalue weighted by Gasteiger charge is -2.43. The Morgan fingerprint density at radius 1 is 1.00 bits per heavy atom. The van der Waals surface area contributed by atoms with Gasteiger partial charge in [-0.3, -0.25) is 9.59 Å². The van der Waals surface area contributed by atoms with Gasteiger partial charge in [-0.1, -0.05) is 55.0 Å². The van der Waals surface area contributed by atoms with Crippen molar-refractivity contribution in [1.82, 2.24) is 0 Å². The van der Waals surface area contributed by atoms with E-state index in [9.17, 15) is 19.8 Å². The van der Waals surface area contributed by atoms with Crippen molar-refractivity contribution >= 4 is 11.6 Å². The molecule has 3 atom stereocenters. The van der Waals surface area contributed by atoms with Crippen LogP contribution in [0, 0.1) is 11.3 Å². The summed E-state index contributed by atoms with van der Waals surface area (Å²) in [5.74, 6) is 2.01. The third-order valence-electron chi connectivity index (χ3n) is 8.37. The highest BCUT2D eigenvalue weighted by Gasteiger charge is 2.52. The van der Waals surface area contributed by atoms with Gasteiger partial charge in [0.2, 0.25) is 0 Å². The lowest BCUT2D eigenvalue weighted by molar-refractivity contribution is -0.126. The van der Waals surface area contributed by atoms with Gasteiger partial charge in [0.1, 0.15) is 23.0 Å². The number of phenols is 2. The largest absolute Gasteiger partial charge is 0.508 e. The van der Waals surface area contributed by atoms with Gasteiger partial charge in [-0.15, -0.1) is 0 Å². The number of allylic oxidation sites excluding steroid dienone is 2. The Kier molecular flexibility index (Phi) is 6.63. The van der Waals surface area contributed by atoms with E-state index in [1.54, 1.807) is 42.5 Å². The summed E-state index contributed by atoms with van der Waals surface area (Å²) >= 11 is 0. The van der Waals surface area contributed by atoms with Gasteiger partial charge in [0.25, 0.3) is 0 Å². The van der Waals surface area contributed by atoms with Gasteiger partial charge in [-0.2, -0.15) is 0 Å². The van der Waals surface area contributed by atoms with Crippen molar-refractivity contribution in [3.05, 3.63) is 101 Å². The van der Waals surface area contributed by atoms with Crippen molar-refractivity contribution in [3.63, 3.8) is 0 Å². The Morgan fingerprint density at radius 2 is 1.78 bits per heavy atom. The highest BCUT2D eigenvalue weighted by atomic mass is 16.5. The molecule has 2 fully saturated rings. The number of hydrogen-bond donors (Lipinski definition) is 2. The molecule has 0 radical (unpaired) electrons. The van der Waals surface area contributed by atoms with Gasteiger partial charge in [-0.25, -0.2) is 0 Å². The average Bonchev–Trinajstić information content (AvgIpc) is 3.23. The molecule has 0 saturated heterocycles. The SMILES string of the molecule is CC12CCC3C(=CCc4cc(O)ccc43)C1CCC2=O.COc1ccc(C(=O)c2ccccc2)c(O)c1. The number of carbonyl (C=O) groups excluding carboxylic acids is 2. The number of phenolic OH excluding ortho intramolecular Hbond substituents is 2. The van der Waals surface area contributed by atoms with Crippen LogP contribution in [0.1, 0.15) is 65.6 Å². The minimum absolute atomic E-state index is 0.0711. The van der Waals surface area contributed by atoms with Crippen LogP contribution < -0.4 is 4.74 Å². The van der Waals surface area contributed by atoms with Crippen molar-refractivity contribution in [2.24, 2.45) is 11.3 Å². The zero-order valence-corrected chi connectivity index (χ0v) is 21.2. The Hall–Kier alpha value is -3.86. The van der Waals surface area contributed by atoms with Crippen LogP contribution in [0.5, 0.6) is 17.2 Å². The Morgan fingerprint density at radius 3 is 2.51 bits per heavy atom. The molecule has 3 aliphatic rings. The zero-order chi connectivity index (χ0) is 26.2. The maximum atomic E-state index is 12.2. The molecule has 0 aliphatic heterocycles. The topological polar surface area (TPSA) is 83.8 Å². The normalized spacial score (nSPS) is 23.5. The Balaban J connectivity index is 0.000000154. The lowest BCUT2D eigenvalue weighted by Crippen LogP contribution is -2.37. The number of benzene rings is 3. The van der Waals surface area contributed by atoms with Gasteiger partial charge in [0.05, 0.1) is 12.7 Å². The summed E-state index contributed by atoms with van der Waals surface area (Å²) in [6.07, 6.45) is 7.11. The van der Waals surface area contributed by atoms with Crippen LogP contribution in [0.25, 0.3) is 0 Å². The highest BCUT2D eigenvalue weighted by molar-refractivity contribution is 6.10. The van der Waals surface area contributed by atoms with E-state index in [1.807, 2.05) is 12.1 Å². The Labute approximate surface area is 217 Å². The first kappa shape index (κ1) is 24.8. The van der Waals surface area contributed by atoms with E-state index < -0.39 is 0 Å². The first-order valence-corrected chi connectivity index (χ1v) is 12.8. The number of ether oxygens (including phenoxy) is 1. The number of carbonyl (C=O) groups is 2. The van der Waals surface area contributed by atoms with Gasteiger partial charge in [-0.05, 0) is 67.0 Å². The first-order valence-electron chi connectivity index (χ1n) is 12.8. The van der Waals surface area contributed by atoms with Crippen molar-refractivity contribution in [3.8, 4) is 17.2 Å². The fourth-order valence-electron chi connectivity index (χ4n) is 6.31. The molecule has 3 aliphatic carbocycles. The summed E-state index contributed by atoms with van der Waals surface area (Å²) in [6.45, 7) is 2.18. The van der Waals surface area contributed by atoms with Crippen molar-refractivity contribution in [2.75, 3.05) is 7.11 Å². The van der Waals surface area contributed by atoms with E-state index in [-0.39, 0.29) is 22.5 Å². The summed E-state index contributed by atoms with van der Waals surface area (Å²) in [7, 11) is 1.51. The van der Waals surface area contributed by atoms with Crippen LogP contribution >= 0.6 is 0 Å². The van der Waals surface area contributed by atoms with Crippen LogP contribution in [0.4, 0.5) is 0 Å². The van der Waals surface area contributed by atoms with Gasteiger partial charge >= 0.3 is 0 Å². The number of fused-ring (bicyclic) bond motifs is 5. The minimum atomic E-state index is -0.203. The van der Waals surface area contributed by atoms with Gasteiger partial charge in [0.15, 0.2) is 5.78 Å². The molecule has 0 bridgehead atoms. The average molecular weight is 497 g/mol. The second-order valence-electron chi connectivity index (χ2n) is 10.4. The second-order valence-corrected chi connectivity index (χ2v) is 10.4. The maximum Gasteiger partial charge on any atom is 0.196 e. The molecule has 37 heavy (non-hydrogen) atoms. The molecule has 0 heterocycles. The minimum Gasteiger partial charge on any atom is -0.508 e. The fraction of sp³-hybridized carbons (Fsp3) is 0.312. The number of ketones is 2. The summed E-state index contributed by atoms with van der Waals surface area (Å²) < 4.78 is 4.96. The lowest BCUT2D eigenvalue weighted by atomic mass is 9.60. The van der Waals surface area contributed by atoms with Crippen molar-refractivity contribution in [1.29, 1.82) is 0 Å². The molecule has 0 aromatic heterocycles. The highest BCUT2D eigenvalue weighted by Crippen LogP contribution is 2.57. The van der Waals surface area contributed by atoms with Crippen LogP contribution in [0.15, 0.2) is 78.4 Å². The molecular weight excluding hydrogens is 464 g/mol. The smallest absolute Gasteiger partial charge is 0.196 e. The predicted molar refractivity (Wildman–Crippen MR) is 142 cm³/mol. The van der Waals surface area contributed by atoms with E-state index in [0.717, 1.165) is 32.1 Å². The molecule has 5 heteroatoms. The second kappa shape index (κ2) is 9.89. The van der Waals surface area contributed by atoms with Gasteiger partial charge in [0, 0.05) is 29.4 Å². The summed E-state index contributed by atoms with van der Waals surface area (Å²) in [4.78, 5) is 24.3. The fourth-order valence-corrected chi connectivity index (χ4v) is 6.31.